The molecule has 3 aromatic carbocycles. The fourth-order valence-electron chi connectivity index (χ4n) is 3.65. The van der Waals surface area contributed by atoms with E-state index in [1.54, 1.807) is 36.4 Å². The number of nitrogens with one attached hydrogen (secondary N) is 1. The van der Waals surface area contributed by atoms with Crippen molar-refractivity contribution in [2.45, 2.75) is 24.3 Å². The van der Waals surface area contributed by atoms with E-state index in [-0.39, 0.29) is 24.1 Å². The van der Waals surface area contributed by atoms with Crippen LogP contribution in [0.5, 0.6) is 11.5 Å². The van der Waals surface area contributed by atoms with Crippen molar-refractivity contribution in [1.29, 1.82) is 0 Å². The molecule has 0 unspecified atom stereocenters. The number of nitrogens with zero attached hydrogens (tertiary/aromatic N) is 1. The Morgan fingerprint density at radius 1 is 0.970 bits per heavy atom. The van der Waals surface area contributed by atoms with Crippen LogP contribution in [0.2, 0.25) is 0 Å². The van der Waals surface area contributed by atoms with Gasteiger partial charge in [-0.2, -0.15) is 0 Å². The summed E-state index contributed by atoms with van der Waals surface area (Å²) in [6.07, 6.45) is 0.261. The zero-order valence-corrected chi connectivity index (χ0v) is 19.1. The number of para-hydroxylation sites is 3. The predicted molar refractivity (Wildman–Crippen MR) is 126 cm³/mol. The van der Waals surface area contributed by atoms with E-state index in [0.29, 0.717) is 30.2 Å². The lowest BCUT2D eigenvalue weighted by Crippen LogP contribution is -2.45. The molecule has 1 heterocycles. The molecule has 4 rings (SSSR count). The highest BCUT2D eigenvalue weighted by atomic mass is 32.2. The summed E-state index contributed by atoms with van der Waals surface area (Å²) in [5.41, 5.74) is 1.33. The number of carbonyl (C=O) groups is 1. The highest BCUT2D eigenvalue weighted by Crippen LogP contribution is 2.31. The van der Waals surface area contributed by atoms with Crippen molar-refractivity contribution in [3.8, 4) is 11.5 Å². The number of rotatable bonds is 8. The van der Waals surface area contributed by atoms with Gasteiger partial charge < -0.3 is 14.8 Å². The van der Waals surface area contributed by atoms with E-state index in [0.717, 1.165) is 5.56 Å². The van der Waals surface area contributed by atoms with E-state index in [2.05, 4.69) is 5.32 Å². The molecule has 1 atom stereocenters. The number of fused-ring (bicyclic) bond motifs is 1. The van der Waals surface area contributed by atoms with E-state index in [4.69, 9.17) is 9.47 Å². The predicted octanol–water partition coefficient (Wildman–Crippen LogP) is 3.40. The van der Waals surface area contributed by atoms with Gasteiger partial charge in [0.05, 0.1) is 17.1 Å². The largest absolute Gasteiger partial charge is 0.486 e. The van der Waals surface area contributed by atoms with Gasteiger partial charge in [-0.25, -0.2) is 8.42 Å². The summed E-state index contributed by atoms with van der Waals surface area (Å²) >= 11 is 0. The second-order valence-electron chi connectivity index (χ2n) is 7.61. The highest BCUT2D eigenvalue weighted by molar-refractivity contribution is 7.92. The van der Waals surface area contributed by atoms with Gasteiger partial charge in [0.1, 0.15) is 19.3 Å². The third-order valence-corrected chi connectivity index (χ3v) is 7.13. The van der Waals surface area contributed by atoms with E-state index in [1.165, 1.54) is 16.4 Å². The number of aryl methyl sites for hydroxylation is 1. The third-order valence-electron chi connectivity index (χ3n) is 5.35. The number of hydrogen-bond acceptors (Lipinski definition) is 5. The molecular weight excluding hydrogens is 440 g/mol. The maximum atomic E-state index is 13.5. The molecule has 33 heavy (non-hydrogen) atoms. The maximum Gasteiger partial charge on any atom is 0.264 e. The highest BCUT2D eigenvalue weighted by Gasteiger charge is 2.29. The standard InChI is InChI=1S/C25H26N2O5S/c1-2-19-10-6-7-13-22(19)27(33(29,30)21-11-4-3-5-12-21)17-25(28)26-16-20-18-31-23-14-8-9-15-24(23)32-20/h3-15,20H,2,16-18H2,1H3,(H,26,28)/t20-/m1/s1. The van der Waals surface area contributed by atoms with Crippen LogP contribution in [0.15, 0.2) is 83.8 Å². The molecule has 7 nitrogen and oxygen atoms in total. The van der Waals surface area contributed by atoms with E-state index in [9.17, 15) is 13.2 Å². The summed E-state index contributed by atoms with van der Waals surface area (Å²) in [4.78, 5) is 13.0. The van der Waals surface area contributed by atoms with E-state index < -0.39 is 15.9 Å². The first-order chi connectivity index (χ1) is 16.0. The van der Waals surface area contributed by atoms with Crippen LogP contribution in [0.1, 0.15) is 12.5 Å². The topological polar surface area (TPSA) is 84.9 Å². The smallest absolute Gasteiger partial charge is 0.264 e. The SMILES string of the molecule is CCc1ccccc1N(CC(=O)NC[C@@H]1COc2ccccc2O1)S(=O)(=O)c1ccccc1. The first kappa shape index (κ1) is 22.7. The second-order valence-corrected chi connectivity index (χ2v) is 9.47. The molecule has 3 aromatic rings. The van der Waals surface area contributed by atoms with Gasteiger partial charge in [0.25, 0.3) is 10.0 Å². The Bertz CT molecular complexity index is 1210. The van der Waals surface area contributed by atoms with Crippen molar-refractivity contribution in [2.75, 3.05) is 24.0 Å². The zero-order chi connectivity index (χ0) is 23.3. The summed E-state index contributed by atoms with van der Waals surface area (Å²) in [5, 5.41) is 2.79. The summed E-state index contributed by atoms with van der Waals surface area (Å²) < 4.78 is 39.7. The molecule has 1 N–H and O–H groups in total. The summed E-state index contributed by atoms with van der Waals surface area (Å²) in [6, 6.07) is 22.7. The summed E-state index contributed by atoms with van der Waals surface area (Å²) in [6.45, 7) is 2.09. The molecule has 1 aliphatic heterocycles. The molecule has 0 radical (unpaired) electrons. The fourth-order valence-corrected chi connectivity index (χ4v) is 5.13. The number of amides is 1. The quantitative estimate of drug-likeness (QED) is 0.550. The minimum absolute atomic E-state index is 0.129. The monoisotopic (exact) mass is 466 g/mol. The first-order valence-corrected chi connectivity index (χ1v) is 12.2. The van der Waals surface area contributed by atoms with Crippen molar-refractivity contribution in [1.82, 2.24) is 5.32 Å². The first-order valence-electron chi connectivity index (χ1n) is 10.8. The van der Waals surface area contributed by atoms with Gasteiger partial charge in [-0.15, -0.1) is 0 Å². The van der Waals surface area contributed by atoms with Crippen LogP contribution in [0.25, 0.3) is 0 Å². The van der Waals surface area contributed by atoms with E-state index >= 15 is 0 Å². The van der Waals surface area contributed by atoms with Crippen LogP contribution in [0, 0.1) is 0 Å². The molecule has 1 aliphatic rings. The summed E-state index contributed by atoms with van der Waals surface area (Å²) in [7, 11) is -3.95. The van der Waals surface area contributed by atoms with Crippen molar-refractivity contribution >= 4 is 21.6 Å². The van der Waals surface area contributed by atoms with Gasteiger partial charge in [-0.1, -0.05) is 55.5 Å². The molecular formula is C25H26N2O5S. The Hall–Kier alpha value is -3.52. The minimum Gasteiger partial charge on any atom is -0.486 e. The van der Waals surface area contributed by atoms with Gasteiger partial charge in [0.2, 0.25) is 5.91 Å². The molecule has 0 spiro atoms. The average molecular weight is 467 g/mol. The van der Waals surface area contributed by atoms with Crippen molar-refractivity contribution in [3.05, 3.63) is 84.4 Å². The molecule has 0 fully saturated rings. The van der Waals surface area contributed by atoms with E-state index in [1.807, 2.05) is 37.3 Å². The molecule has 0 aromatic heterocycles. The number of sulfonamides is 1. The number of anilines is 1. The molecule has 0 aliphatic carbocycles. The number of hydrogen-bond donors (Lipinski definition) is 1. The molecule has 0 saturated carbocycles. The van der Waals surface area contributed by atoms with Crippen LogP contribution in [-0.4, -0.2) is 40.1 Å². The van der Waals surface area contributed by atoms with Crippen LogP contribution in [0.3, 0.4) is 0 Å². The average Bonchev–Trinajstić information content (AvgIpc) is 2.86. The Morgan fingerprint density at radius 2 is 1.64 bits per heavy atom. The number of carbonyl (C=O) groups excluding carboxylic acids is 1. The lowest BCUT2D eigenvalue weighted by molar-refractivity contribution is -0.120. The third kappa shape index (κ3) is 5.12. The zero-order valence-electron chi connectivity index (χ0n) is 18.3. The van der Waals surface area contributed by atoms with Gasteiger partial charge in [-0.05, 0) is 42.3 Å². The molecule has 0 saturated heterocycles. The van der Waals surface area contributed by atoms with Gasteiger partial charge in [0, 0.05) is 0 Å². The van der Waals surface area contributed by atoms with Gasteiger partial charge in [0.15, 0.2) is 11.5 Å². The Labute approximate surface area is 194 Å². The van der Waals surface area contributed by atoms with Crippen LogP contribution in [0.4, 0.5) is 5.69 Å². The Kier molecular flexibility index (Phi) is 6.84. The normalized spacial score (nSPS) is 15.0. The van der Waals surface area contributed by atoms with Gasteiger partial charge in [-0.3, -0.25) is 9.10 Å². The lowest BCUT2D eigenvalue weighted by Gasteiger charge is -2.28. The fraction of sp³-hybridized carbons (Fsp3) is 0.240. The summed E-state index contributed by atoms with van der Waals surface area (Å²) in [5.74, 6) is 0.854. The lowest BCUT2D eigenvalue weighted by atomic mass is 10.1. The molecule has 172 valence electrons. The van der Waals surface area contributed by atoms with Crippen LogP contribution >= 0.6 is 0 Å². The van der Waals surface area contributed by atoms with Crippen molar-refractivity contribution < 1.29 is 22.7 Å². The number of benzene rings is 3. The molecule has 0 bridgehead atoms. The number of ether oxygens (including phenoxy) is 2. The van der Waals surface area contributed by atoms with Crippen LogP contribution < -0.4 is 19.1 Å². The Morgan fingerprint density at radius 3 is 2.39 bits per heavy atom. The molecule has 1 amide bonds. The molecule has 8 heteroatoms. The van der Waals surface area contributed by atoms with Crippen LogP contribution in [-0.2, 0) is 21.2 Å². The minimum atomic E-state index is -3.95. The van der Waals surface area contributed by atoms with Gasteiger partial charge >= 0.3 is 0 Å². The Balaban J connectivity index is 1.51. The second kappa shape index (κ2) is 9.95. The van der Waals surface area contributed by atoms with Crippen molar-refractivity contribution in [3.63, 3.8) is 0 Å². The maximum absolute atomic E-state index is 13.5. The van der Waals surface area contributed by atoms with Crippen molar-refractivity contribution in [2.24, 2.45) is 0 Å².